The third-order valence-corrected chi connectivity index (χ3v) is 8.16. The first-order valence-corrected chi connectivity index (χ1v) is 12.6. The lowest BCUT2D eigenvalue weighted by Crippen LogP contribution is -2.41. The lowest BCUT2D eigenvalue weighted by Gasteiger charge is -2.44. The molecule has 34 heavy (non-hydrogen) atoms. The first kappa shape index (κ1) is 23.3. The van der Waals surface area contributed by atoms with Crippen molar-refractivity contribution >= 4 is 11.4 Å². The Labute approximate surface area is 203 Å². The quantitative estimate of drug-likeness (QED) is 0.560. The SMILES string of the molecule is Cc1cc2c(cc1C1(c3ccc(C4=C(O)CCC4=O)cc3)OCCCO1)C(C)(C)CCC2(C)C. The van der Waals surface area contributed by atoms with E-state index in [1.165, 1.54) is 23.1 Å². The van der Waals surface area contributed by atoms with Crippen molar-refractivity contribution < 1.29 is 19.4 Å². The van der Waals surface area contributed by atoms with Gasteiger partial charge in [0.25, 0.3) is 0 Å². The van der Waals surface area contributed by atoms with Gasteiger partial charge in [0.1, 0.15) is 5.76 Å². The second-order valence-corrected chi connectivity index (χ2v) is 11.5. The molecule has 2 aromatic rings. The van der Waals surface area contributed by atoms with Crippen LogP contribution in [0.25, 0.3) is 5.57 Å². The number of benzene rings is 2. The van der Waals surface area contributed by atoms with Crippen LogP contribution >= 0.6 is 0 Å². The number of aliphatic hydroxyl groups is 1. The number of Topliss-reactive ketones (excluding diaryl/α,β-unsaturated/α-hetero) is 1. The predicted octanol–water partition coefficient (Wildman–Crippen LogP) is 6.61. The average molecular weight is 461 g/mol. The minimum Gasteiger partial charge on any atom is -0.512 e. The Hall–Kier alpha value is -2.43. The van der Waals surface area contributed by atoms with E-state index in [4.69, 9.17) is 9.47 Å². The highest BCUT2D eigenvalue weighted by Crippen LogP contribution is 2.49. The summed E-state index contributed by atoms with van der Waals surface area (Å²) in [6.07, 6.45) is 3.97. The van der Waals surface area contributed by atoms with Crippen molar-refractivity contribution in [3.8, 4) is 0 Å². The molecule has 1 aliphatic heterocycles. The summed E-state index contributed by atoms with van der Waals surface area (Å²) in [5.41, 5.74) is 7.36. The number of carbonyl (C=O) groups excluding carboxylic acids is 1. The van der Waals surface area contributed by atoms with Gasteiger partial charge in [0, 0.05) is 24.0 Å². The maximum atomic E-state index is 12.3. The van der Waals surface area contributed by atoms with E-state index >= 15 is 0 Å². The van der Waals surface area contributed by atoms with Gasteiger partial charge in [-0.3, -0.25) is 4.79 Å². The van der Waals surface area contributed by atoms with Gasteiger partial charge in [0.2, 0.25) is 5.79 Å². The van der Waals surface area contributed by atoms with Crippen LogP contribution in [0.3, 0.4) is 0 Å². The molecule has 1 heterocycles. The van der Waals surface area contributed by atoms with Crippen LogP contribution in [-0.2, 0) is 30.9 Å². The molecular formula is C30H36O4. The second kappa shape index (κ2) is 8.07. The molecule has 5 rings (SSSR count). The van der Waals surface area contributed by atoms with Gasteiger partial charge in [-0.05, 0) is 65.3 Å². The highest BCUT2D eigenvalue weighted by atomic mass is 16.7. The molecule has 2 aliphatic carbocycles. The summed E-state index contributed by atoms with van der Waals surface area (Å²) in [5, 5.41) is 10.2. The van der Waals surface area contributed by atoms with Crippen LogP contribution in [0, 0.1) is 6.92 Å². The zero-order valence-corrected chi connectivity index (χ0v) is 21.1. The van der Waals surface area contributed by atoms with Gasteiger partial charge in [-0.15, -0.1) is 0 Å². The molecule has 0 bridgehead atoms. The zero-order chi connectivity index (χ0) is 24.3. The van der Waals surface area contributed by atoms with E-state index in [0.29, 0.717) is 31.6 Å². The Morgan fingerprint density at radius 2 is 1.41 bits per heavy atom. The van der Waals surface area contributed by atoms with Gasteiger partial charge in [0.05, 0.1) is 18.8 Å². The molecule has 0 atom stereocenters. The van der Waals surface area contributed by atoms with E-state index in [1.54, 1.807) is 0 Å². The number of hydrogen-bond donors (Lipinski definition) is 1. The Kier molecular flexibility index (Phi) is 5.53. The second-order valence-electron chi connectivity index (χ2n) is 11.5. The molecule has 0 amide bonds. The van der Waals surface area contributed by atoms with Crippen molar-refractivity contribution in [1.82, 2.24) is 0 Å². The highest BCUT2D eigenvalue weighted by molar-refractivity contribution is 6.23. The van der Waals surface area contributed by atoms with Gasteiger partial charge in [-0.1, -0.05) is 58.0 Å². The number of hydrogen-bond acceptors (Lipinski definition) is 4. The third kappa shape index (κ3) is 3.63. The van der Waals surface area contributed by atoms with E-state index in [9.17, 15) is 9.90 Å². The molecule has 2 aromatic carbocycles. The van der Waals surface area contributed by atoms with Crippen molar-refractivity contribution in [2.75, 3.05) is 13.2 Å². The maximum absolute atomic E-state index is 12.3. The molecule has 1 N–H and O–H groups in total. The summed E-state index contributed by atoms with van der Waals surface area (Å²) in [6.45, 7) is 12.8. The molecule has 0 radical (unpaired) electrons. The Morgan fingerprint density at radius 1 is 0.824 bits per heavy atom. The first-order chi connectivity index (χ1) is 16.1. The molecule has 180 valence electrons. The molecule has 4 nitrogen and oxygen atoms in total. The normalized spacial score (nSPS) is 23.1. The van der Waals surface area contributed by atoms with Crippen LogP contribution in [-0.4, -0.2) is 24.1 Å². The Bertz CT molecular complexity index is 1160. The fourth-order valence-corrected chi connectivity index (χ4v) is 5.91. The molecular weight excluding hydrogens is 424 g/mol. The van der Waals surface area contributed by atoms with Crippen molar-refractivity contribution in [3.05, 3.63) is 75.5 Å². The fourth-order valence-electron chi connectivity index (χ4n) is 5.91. The summed E-state index contributed by atoms with van der Waals surface area (Å²) in [4.78, 5) is 12.3. The number of aryl methyl sites for hydroxylation is 1. The van der Waals surface area contributed by atoms with Crippen LogP contribution in [0.4, 0.5) is 0 Å². The molecule has 0 saturated carbocycles. The fraction of sp³-hybridized carbons (Fsp3) is 0.500. The molecule has 0 unspecified atom stereocenters. The molecule has 1 saturated heterocycles. The van der Waals surface area contributed by atoms with Crippen molar-refractivity contribution in [1.29, 1.82) is 0 Å². The summed E-state index contributed by atoms with van der Waals surface area (Å²) < 4.78 is 13.0. The monoisotopic (exact) mass is 460 g/mol. The minimum absolute atomic E-state index is 0.000470. The summed E-state index contributed by atoms with van der Waals surface area (Å²) in [7, 11) is 0. The minimum atomic E-state index is -0.982. The Balaban J connectivity index is 1.64. The summed E-state index contributed by atoms with van der Waals surface area (Å²) in [6, 6.07) is 12.5. The summed E-state index contributed by atoms with van der Waals surface area (Å²) >= 11 is 0. The lowest BCUT2D eigenvalue weighted by atomic mass is 9.62. The number of carbonyl (C=O) groups is 1. The van der Waals surface area contributed by atoms with Gasteiger partial charge >= 0.3 is 0 Å². The number of fused-ring (bicyclic) bond motifs is 1. The van der Waals surface area contributed by atoms with Gasteiger partial charge < -0.3 is 14.6 Å². The van der Waals surface area contributed by atoms with Gasteiger partial charge in [-0.2, -0.15) is 0 Å². The number of aliphatic hydroxyl groups excluding tert-OH is 1. The summed E-state index contributed by atoms with van der Waals surface area (Å²) in [5.74, 6) is -0.794. The molecule has 3 aliphatic rings. The largest absolute Gasteiger partial charge is 0.512 e. The maximum Gasteiger partial charge on any atom is 0.222 e. The molecule has 4 heteroatoms. The van der Waals surface area contributed by atoms with E-state index in [2.05, 4.69) is 46.8 Å². The van der Waals surface area contributed by atoms with Crippen LogP contribution in [0.15, 0.2) is 42.2 Å². The van der Waals surface area contributed by atoms with E-state index in [1.807, 2.05) is 24.3 Å². The number of ether oxygens (including phenoxy) is 2. The number of rotatable bonds is 3. The van der Waals surface area contributed by atoms with Crippen LogP contribution in [0.1, 0.15) is 93.2 Å². The molecule has 0 spiro atoms. The standard InChI is InChI=1S/C30H36O4/c1-19-17-23-24(29(4,5)14-13-28(23,2)3)18-22(19)30(33-15-6-16-34-30)21-9-7-20(8-10-21)27-25(31)11-12-26(27)32/h7-10,17-18,31H,6,11-16H2,1-5H3. The zero-order valence-electron chi connectivity index (χ0n) is 21.1. The van der Waals surface area contributed by atoms with Gasteiger partial charge in [-0.25, -0.2) is 0 Å². The molecule has 0 aromatic heterocycles. The number of allylic oxidation sites excluding steroid dienone is 2. The Morgan fingerprint density at radius 3 is 1.97 bits per heavy atom. The topological polar surface area (TPSA) is 55.8 Å². The highest BCUT2D eigenvalue weighted by Gasteiger charge is 2.44. The van der Waals surface area contributed by atoms with Crippen molar-refractivity contribution in [3.63, 3.8) is 0 Å². The van der Waals surface area contributed by atoms with E-state index in [-0.39, 0.29) is 22.4 Å². The van der Waals surface area contributed by atoms with Crippen LogP contribution in [0.2, 0.25) is 0 Å². The number of ketones is 1. The van der Waals surface area contributed by atoms with E-state index < -0.39 is 5.79 Å². The van der Waals surface area contributed by atoms with Crippen molar-refractivity contribution in [2.45, 2.75) is 83.3 Å². The molecule has 1 fully saturated rings. The first-order valence-electron chi connectivity index (χ1n) is 12.6. The predicted molar refractivity (Wildman–Crippen MR) is 134 cm³/mol. The van der Waals surface area contributed by atoms with Crippen LogP contribution < -0.4 is 0 Å². The van der Waals surface area contributed by atoms with Crippen molar-refractivity contribution in [2.24, 2.45) is 0 Å². The lowest BCUT2D eigenvalue weighted by molar-refractivity contribution is -0.249. The van der Waals surface area contributed by atoms with Gasteiger partial charge in [0.15, 0.2) is 5.78 Å². The third-order valence-electron chi connectivity index (χ3n) is 8.16. The van der Waals surface area contributed by atoms with Crippen LogP contribution in [0.5, 0.6) is 0 Å². The average Bonchev–Trinajstić information content (AvgIpc) is 3.15. The van der Waals surface area contributed by atoms with E-state index in [0.717, 1.165) is 29.5 Å². The smallest absolute Gasteiger partial charge is 0.222 e.